The monoisotopic (exact) mass is 450 g/mol. The molecule has 4 rings (SSSR count). The molecule has 2 aliphatic rings. The third-order valence-electron chi connectivity index (χ3n) is 6.49. The van der Waals surface area contributed by atoms with Crippen LogP contribution in [0, 0.1) is 6.92 Å². The van der Waals surface area contributed by atoms with Crippen LogP contribution in [0.3, 0.4) is 0 Å². The maximum atomic E-state index is 13.0. The first kappa shape index (κ1) is 22.8. The lowest BCUT2D eigenvalue weighted by atomic mass is 9.88. The number of aryl methyl sites for hydroxylation is 2. The second-order valence-corrected chi connectivity index (χ2v) is 8.94. The second-order valence-electron chi connectivity index (χ2n) is 8.94. The summed E-state index contributed by atoms with van der Waals surface area (Å²) in [5.74, 6) is -0.159. The van der Waals surface area contributed by atoms with E-state index < -0.39 is 11.7 Å². The van der Waals surface area contributed by atoms with Crippen molar-refractivity contribution >= 4 is 5.91 Å². The van der Waals surface area contributed by atoms with Crippen molar-refractivity contribution in [2.45, 2.75) is 57.0 Å². The van der Waals surface area contributed by atoms with E-state index in [-0.39, 0.29) is 17.6 Å². The van der Waals surface area contributed by atoms with E-state index in [1.165, 1.54) is 12.1 Å². The number of likely N-dealkylation sites (tertiary alicyclic amines) is 1. The van der Waals surface area contributed by atoms with Gasteiger partial charge in [0.15, 0.2) is 0 Å². The molecule has 6 nitrogen and oxygen atoms in total. The fourth-order valence-electron chi connectivity index (χ4n) is 4.75. The molecule has 2 fully saturated rings. The molecule has 32 heavy (non-hydrogen) atoms. The van der Waals surface area contributed by atoms with Crippen molar-refractivity contribution in [2.75, 3.05) is 19.6 Å². The number of carbonyl (C=O) groups is 1. The molecule has 2 saturated heterocycles. The average molecular weight is 451 g/mol. The average Bonchev–Trinajstić information content (AvgIpc) is 3.30. The maximum absolute atomic E-state index is 13.0. The summed E-state index contributed by atoms with van der Waals surface area (Å²) >= 11 is 0. The third kappa shape index (κ3) is 5.15. The van der Waals surface area contributed by atoms with Crippen LogP contribution in [-0.4, -0.2) is 51.9 Å². The Bertz CT molecular complexity index is 964. The topological polar surface area (TPSA) is 59.4 Å². The largest absolute Gasteiger partial charge is 0.416 e. The Hall–Kier alpha value is -2.39. The molecule has 1 unspecified atom stereocenters. The van der Waals surface area contributed by atoms with Crippen LogP contribution in [0.25, 0.3) is 0 Å². The Morgan fingerprint density at radius 2 is 2.00 bits per heavy atom. The summed E-state index contributed by atoms with van der Waals surface area (Å²) < 4.78 is 46.8. The summed E-state index contributed by atoms with van der Waals surface area (Å²) in [5, 5.41) is 7.15. The molecule has 1 atom stereocenters. The van der Waals surface area contributed by atoms with Gasteiger partial charge in [0.25, 0.3) is 5.91 Å². The molecule has 1 aromatic carbocycles. The molecule has 2 aromatic rings. The molecule has 9 heteroatoms. The molecular formula is C23H29F3N4O2. The van der Waals surface area contributed by atoms with Gasteiger partial charge in [0.1, 0.15) is 5.69 Å². The van der Waals surface area contributed by atoms with Gasteiger partial charge in [-0.1, -0.05) is 18.2 Å². The van der Waals surface area contributed by atoms with Crippen LogP contribution >= 0.6 is 0 Å². The highest BCUT2D eigenvalue weighted by Crippen LogP contribution is 2.39. The molecule has 1 spiro atoms. The summed E-state index contributed by atoms with van der Waals surface area (Å²) in [7, 11) is 1.75. The molecule has 3 heterocycles. The van der Waals surface area contributed by atoms with Crippen LogP contribution in [0.15, 0.2) is 30.3 Å². The van der Waals surface area contributed by atoms with Gasteiger partial charge in [-0.2, -0.15) is 18.3 Å². The van der Waals surface area contributed by atoms with Crippen LogP contribution < -0.4 is 5.32 Å². The highest BCUT2D eigenvalue weighted by atomic mass is 19.4. The van der Waals surface area contributed by atoms with Gasteiger partial charge >= 0.3 is 6.18 Å². The van der Waals surface area contributed by atoms with Gasteiger partial charge in [-0.05, 0) is 50.3 Å². The molecule has 0 bridgehead atoms. The molecule has 1 aromatic heterocycles. The molecule has 0 radical (unpaired) electrons. The zero-order valence-electron chi connectivity index (χ0n) is 18.4. The lowest BCUT2D eigenvalue weighted by molar-refractivity contribution is -0.137. The maximum Gasteiger partial charge on any atom is 0.416 e. The van der Waals surface area contributed by atoms with Gasteiger partial charge in [-0.25, -0.2) is 0 Å². The number of nitrogens with one attached hydrogen (secondary N) is 1. The van der Waals surface area contributed by atoms with E-state index in [2.05, 4.69) is 15.3 Å². The fourth-order valence-corrected chi connectivity index (χ4v) is 4.75. The van der Waals surface area contributed by atoms with Gasteiger partial charge in [0.05, 0.1) is 23.0 Å². The Morgan fingerprint density at radius 3 is 2.66 bits per heavy atom. The van der Waals surface area contributed by atoms with E-state index in [1.54, 1.807) is 23.9 Å². The number of benzene rings is 1. The zero-order valence-corrected chi connectivity index (χ0v) is 18.4. The number of hydrogen-bond donors (Lipinski definition) is 1. The van der Waals surface area contributed by atoms with E-state index in [9.17, 15) is 18.0 Å². The SMILES string of the molecule is Cc1cc(C(=O)NCC2CCC3(CCN(Cc4cccc(C(F)(F)F)c4)CC3)O2)n(C)n1. The standard InChI is InChI=1S/C23H29F3N4O2/c1-16-12-20(29(2)28-16)21(31)27-14-19-6-7-22(32-19)8-10-30(11-9-22)15-17-4-3-5-18(13-17)23(24,25)26/h3-5,12-13,19H,6-11,14-15H2,1-2H3,(H,27,31). The molecule has 2 aliphatic heterocycles. The van der Waals surface area contributed by atoms with Crippen LogP contribution in [0.4, 0.5) is 13.2 Å². The predicted octanol–water partition coefficient (Wildman–Crippen LogP) is 3.69. The molecule has 0 saturated carbocycles. The van der Waals surface area contributed by atoms with Crippen molar-refractivity contribution in [1.82, 2.24) is 20.0 Å². The van der Waals surface area contributed by atoms with E-state index in [4.69, 9.17) is 4.74 Å². The van der Waals surface area contributed by atoms with Crippen LogP contribution in [-0.2, 0) is 24.5 Å². The van der Waals surface area contributed by atoms with Crippen molar-refractivity contribution in [3.05, 3.63) is 52.8 Å². The smallest absolute Gasteiger partial charge is 0.370 e. The number of hydrogen-bond acceptors (Lipinski definition) is 4. The number of nitrogens with zero attached hydrogens (tertiary/aromatic N) is 3. The molecule has 1 amide bonds. The molecule has 174 valence electrons. The van der Waals surface area contributed by atoms with E-state index in [0.717, 1.165) is 50.5 Å². The first-order valence-corrected chi connectivity index (χ1v) is 11.0. The number of halogens is 3. The van der Waals surface area contributed by atoms with Crippen molar-refractivity contribution < 1.29 is 22.7 Å². The van der Waals surface area contributed by atoms with Crippen LogP contribution in [0.5, 0.6) is 0 Å². The number of amides is 1. The van der Waals surface area contributed by atoms with Gasteiger partial charge in [0.2, 0.25) is 0 Å². The Labute approximate surface area is 185 Å². The Morgan fingerprint density at radius 1 is 1.25 bits per heavy atom. The minimum absolute atomic E-state index is 0.0247. The summed E-state index contributed by atoms with van der Waals surface area (Å²) in [6, 6.07) is 7.31. The number of piperidine rings is 1. The van der Waals surface area contributed by atoms with E-state index in [1.807, 2.05) is 6.92 Å². The van der Waals surface area contributed by atoms with E-state index >= 15 is 0 Å². The quantitative estimate of drug-likeness (QED) is 0.755. The normalized spacial score (nSPS) is 21.2. The summed E-state index contributed by atoms with van der Waals surface area (Å²) in [4.78, 5) is 14.6. The fraction of sp³-hybridized carbons (Fsp3) is 0.565. The van der Waals surface area contributed by atoms with Crippen molar-refractivity contribution in [3.63, 3.8) is 0 Å². The van der Waals surface area contributed by atoms with Gasteiger partial charge in [-0.3, -0.25) is 14.4 Å². The van der Waals surface area contributed by atoms with E-state index in [0.29, 0.717) is 24.3 Å². The van der Waals surface area contributed by atoms with Crippen molar-refractivity contribution in [3.8, 4) is 0 Å². The number of ether oxygens (including phenoxy) is 1. The van der Waals surface area contributed by atoms with Crippen molar-refractivity contribution in [2.24, 2.45) is 7.05 Å². The van der Waals surface area contributed by atoms with Crippen LogP contribution in [0.1, 0.15) is 53.0 Å². The number of aromatic nitrogens is 2. The minimum atomic E-state index is -4.32. The molecular weight excluding hydrogens is 421 g/mol. The minimum Gasteiger partial charge on any atom is -0.370 e. The Kier molecular flexibility index (Phi) is 6.31. The lowest BCUT2D eigenvalue weighted by Gasteiger charge is -2.39. The van der Waals surface area contributed by atoms with Gasteiger partial charge < -0.3 is 10.1 Å². The lowest BCUT2D eigenvalue weighted by Crippen LogP contribution is -2.45. The Balaban J connectivity index is 1.25. The van der Waals surface area contributed by atoms with Crippen molar-refractivity contribution in [1.29, 1.82) is 0 Å². The number of carbonyl (C=O) groups excluding carboxylic acids is 1. The highest BCUT2D eigenvalue weighted by Gasteiger charge is 2.42. The summed E-state index contributed by atoms with van der Waals surface area (Å²) in [6.07, 6.45) is -0.828. The number of alkyl halides is 3. The molecule has 0 aliphatic carbocycles. The first-order valence-electron chi connectivity index (χ1n) is 11.0. The summed E-state index contributed by atoms with van der Waals surface area (Å²) in [5.41, 5.74) is 1.20. The highest BCUT2D eigenvalue weighted by molar-refractivity contribution is 5.92. The van der Waals surface area contributed by atoms with Gasteiger partial charge in [-0.15, -0.1) is 0 Å². The first-order chi connectivity index (χ1) is 15.1. The molecule has 1 N–H and O–H groups in total. The predicted molar refractivity (Wildman–Crippen MR) is 113 cm³/mol. The number of rotatable bonds is 5. The third-order valence-corrected chi connectivity index (χ3v) is 6.49. The zero-order chi connectivity index (χ0) is 22.9. The second kappa shape index (κ2) is 8.86. The van der Waals surface area contributed by atoms with Crippen LogP contribution in [0.2, 0.25) is 0 Å². The summed E-state index contributed by atoms with van der Waals surface area (Å²) in [6.45, 7) is 4.37. The van der Waals surface area contributed by atoms with Gasteiger partial charge in [0, 0.05) is 33.2 Å².